The summed E-state index contributed by atoms with van der Waals surface area (Å²) >= 11 is 0. The molecule has 0 N–H and O–H groups in total. The van der Waals surface area contributed by atoms with Crippen molar-refractivity contribution in [1.82, 2.24) is 0 Å². The molecule has 2 aromatic rings. The molecule has 2 fully saturated rings. The predicted octanol–water partition coefficient (Wildman–Crippen LogP) is 4.63. The SMILES string of the molecule is CCOCC.Cc1ccc(C(OC(c2ccccc2)C2CO2)C2CO2)cc1. The lowest BCUT2D eigenvalue weighted by molar-refractivity contribution is -0.0419. The van der Waals surface area contributed by atoms with Crippen LogP contribution < -0.4 is 0 Å². The molecule has 2 aliphatic heterocycles. The van der Waals surface area contributed by atoms with Crippen molar-refractivity contribution in [3.05, 3.63) is 71.3 Å². The number of hydrogen-bond acceptors (Lipinski definition) is 4. The zero-order valence-corrected chi connectivity index (χ0v) is 16.5. The lowest BCUT2D eigenvalue weighted by atomic mass is 10.0. The van der Waals surface area contributed by atoms with E-state index in [4.69, 9.17) is 18.9 Å². The minimum Gasteiger partial charge on any atom is -0.382 e. The fourth-order valence-electron chi connectivity index (χ4n) is 2.98. The molecule has 4 nitrogen and oxygen atoms in total. The molecular formula is C23H30O4. The highest BCUT2D eigenvalue weighted by Crippen LogP contribution is 2.40. The molecule has 0 radical (unpaired) electrons. The normalized spacial score (nSPS) is 22.3. The molecule has 4 unspecified atom stereocenters. The Hall–Kier alpha value is -1.72. The minimum atomic E-state index is -0.0324. The summed E-state index contributed by atoms with van der Waals surface area (Å²) in [6, 6.07) is 18.8. The van der Waals surface area contributed by atoms with Crippen LogP contribution in [0.4, 0.5) is 0 Å². The van der Waals surface area contributed by atoms with Crippen LogP contribution in [-0.2, 0) is 18.9 Å². The van der Waals surface area contributed by atoms with E-state index >= 15 is 0 Å². The number of epoxide rings is 2. The van der Waals surface area contributed by atoms with Crippen LogP contribution in [0.5, 0.6) is 0 Å². The third kappa shape index (κ3) is 6.15. The smallest absolute Gasteiger partial charge is 0.112 e. The first kappa shape index (κ1) is 20.0. The van der Waals surface area contributed by atoms with E-state index in [1.165, 1.54) is 16.7 Å². The monoisotopic (exact) mass is 370 g/mol. The van der Waals surface area contributed by atoms with Gasteiger partial charge in [-0.1, -0.05) is 60.2 Å². The number of rotatable bonds is 8. The Balaban J connectivity index is 0.000000376. The first-order valence-electron chi connectivity index (χ1n) is 9.80. The van der Waals surface area contributed by atoms with Gasteiger partial charge in [0.2, 0.25) is 0 Å². The highest BCUT2D eigenvalue weighted by Gasteiger charge is 2.41. The third-order valence-electron chi connectivity index (χ3n) is 4.63. The van der Waals surface area contributed by atoms with Crippen molar-refractivity contribution in [2.75, 3.05) is 26.4 Å². The second-order valence-electron chi connectivity index (χ2n) is 6.82. The van der Waals surface area contributed by atoms with E-state index in [0.29, 0.717) is 0 Å². The van der Waals surface area contributed by atoms with Crippen LogP contribution in [0.25, 0.3) is 0 Å². The standard InChI is InChI=1S/C19H20O3.C4H10O/c1-13-7-9-15(10-8-13)19(17-12-21-17)22-18(16-11-20-16)14-5-3-2-4-6-14;1-3-5-4-2/h2-10,16-19H,11-12H2,1H3;3-4H2,1-2H3. The summed E-state index contributed by atoms with van der Waals surface area (Å²) in [5, 5.41) is 0. The maximum absolute atomic E-state index is 6.46. The third-order valence-corrected chi connectivity index (χ3v) is 4.63. The lowest BCUT2D eigenvalue weighted by Crippen LogP contribution is -2.19. The van der Waals surface area contributed by atoms with Crippen LogP contribution in [0.1, 0.15) is 42.7 Å². The summed E-state index contributed by atoms with van der Waals surface area (Å²) in [6.07, 6.45) is 0.258. The Labute approximate surface area is 162 Å². The van der Waals surface area contributed by atoms with Gasteiger partial charge in [0, 0.05) is 13.2 Å². The molecule has 0 saturated carbocycles. The molecule has 0 spiro atoms. The number of benzene rings is 2. The molecule has 2 saturated heterocycles. The fourth-order valence-corrected chi connectivity index (χ4v) is 2.98. The Kier molecular flexibility index (Phi) is 7.41. The maximum atomic E-state index is 6.46. The van der Waals surface area contributed by atoms with Crippen LogP contribution in [0.2, 0.25) is 0 Å². The molecule has 2 aliphatic rings. The van der Waals surface area contributed by atoms with Crippen LogP contribution in [0.3, 0.4) is 0 Å². The molecule has 0 bridgehead atoms. The van der Waals surface area contributed by atoms with Crippen LogP contribution in [-0.4, -0.2) is 38.6 Å². The van der Waals surface area contributed by atoms with E-state index < -0.39 is 0 Å². The lowest BCUT2D eigenvalue weighted by Gasteiger charge is -2.23. The van der Waals surface area contributed by atoms with E-state index in [1.54, 1.807) is 0 Å². The maximum Gasteiger partial charge on any atom is 0.112 e. The zero-order chi connectivity index (χ0) is 19.1. The predicted molar refractivity (Wildman–Crippen MR) is 106 cm³/mol. The van der Waals surface area contributed by atoms with Gasteiger partial charge in [0.25, 0.3) is 0 Å². The Morgan fingerprint density at radius 3 is 1.70 bits per heavy atom. The summed E-state index contributed by atoms with van der Waals surface area (Å²) in [7, 11) is 0. The quantitative estimate of drug-likeness (QED) is 0.635. The van der Waals surface area contributed by atoms with Crippen molar-refractivity contribution in [2.24, 2.45) is 0 Å². The van der Waals surface area contributed by atoms with Gasteiger partial charge in [0.05, 0.1) is 13.2 Å². The van der Waals surface area contributed by atoms with E-state index in [-0.39, 0.29) is 24.4 Å². The van der Waals surface area contributed by atoms with Crippen molar-refractivity contribution in [1.29, 1.82) is 0 Å². The number of hydrogen-bond donors (Lipinski definition) is 0. The van der Waals surface area contributed by atoms with Crippen LogP contribution >= 0.6 is 0 Å². The zero-order valence-electron chi connectivity index (χ0n) is 16.5. The molecule has 4 heteroatoms. The van der Waals surface area contributed by atoms with Crippen molar-refractivity contribution in [3.8, 4) is 0 Å². The van der Waals surface area contributed by atoms with Crippen molar-refractivity contribution in [3.63, 3.8) is 0 Å². The average Bonchev–Trinajstić information content (AvgIpc) is 3.59. The van der Waals surface area contributed by atoms with E-state index in [2.05, 4.69) is 43.3 Å². The van der Waals surface area contributed by atoms with Gasteiger partial charge in [0.15, 0.2) is 0 Å². The first-order valence-corrected chi connectivity index (χ1v) is 9.80. The number of aryl methyl sites for hydroxylation is 1. The van der Waals surface area contributed by atoms with Gasteiger partial charge in [-0.15, -0.1) is 0 Å². The molecular weight excluding hydrogens is 340 g/mol. The summed E-state index contributed by atoms with van der Waals surface area (Å²) in [4.78, 5) is 0. The second-order valence-corrected chi connectivity index (χ2v) is 6.82. The topological polar surface area (TPSA) is 43.5 Å². The molecule has 0 aliphatic carbocycles. The summed E-state index contributed by atoms with van der Waals surface area (Å²) < 4.78 is 22.3. The van der Waals surface area contributed by atoms with Crippen LogP contribution in [0.15, 0.2) is 54.6 Å². The minimum absolute atomic E-state index is 0.0308. The van der Waals surface area contributed by atoms with Gasteiger partial charge in [0.1, 0.15) is 24.4 Å². The van der Waals surface area contributed by atoms with E-state index in [9.17, 15) is 0 Å². The van der Waals surface area contributed by atoms with Crippen molar-refractivity contribution < 1.29 is 18.9 Å². The van der Waals surface area contributed by atoms with Gasteiger partial charge < -0.3 is 18.9 Å². The van der Waals surface area contributed by atoms with Crippen molar-refractivity contribution >= 4 is 0 Å². The largest absolute Gasteiger partial charge is 0.382 e. The fraction of sp³-hybridized carbons (Fsp3) is 0.478. The molecule has 0 aromatic heterocycles. The molecule has 0 amide bonds. The average molecular weight is 370 g/mol. The van der Waals surface area contributed by atoms with E-state index in [1.807, 2.05) is 32.0 Å². The Bertz CT molecular complexity index is 661. The highest BCUT2D eigenvalue weighted by atomic mass is 16.6. The molecule has 4 atom stereocenters. The molecule has 146 valence electrons. The first-order chi connectivity index (χ1) is 13.2. The van der Waals surface area contributed by atoms with Crippen molar-refractivity contribution in [2.45, 2.75) is 45.2 Å². The summed E-state index contributed by atoms with van der Waals surface area (Å²) in [5.74, 6) is 0. The van der Waals surface area contributed by atoms with Crippen LogP contribution in [0, 0.1) is 6.92 Å². The summed E-state index contributed by atoms with van der Waals surface area (Å²) in [5.41, 5.74) is 3.60. The molecule has 2 aromatic carbocycles. The van der Waals surface area contributed by atoms with Gasteiger partial charge in [-0.3, -0.25) is 0 Å². The Morgan fingerprint density at radius 2 is 1.30 bits per heavy atom. The van der Waals surface area contributed by atoms with Gasteiger partial charge in [-0.25, -0.2) is 0 Å². The van der Waals surface area contributed by atoms with Gasteiger partial charge in [-0.2, -0.15) is 0 Å². The van der Waals surface area contributed by atoms with Gasteiger partial charge in [-0.05, 0) is 31.9 Å². The van der Waals surface area contributed by atoms with Gasteiger partial charge >= 0.3 is 0 Å². The highest BCUT2D eigenvalue weighted by molar-refractivity contribution is 5.26. The number of ether oxygens (including phenoxy) is 4. The molecule has 27 heavy (non-hydrogen) atoms. The Morgan fingerprint density at radius 1 is 0.815 bits per heavy atom. The van der Waals surface area contributed by atoms with E-state index in [0.717, 1.165) is 26.4 Å². The second kappa shape index (κ2) is 10.00. The summed E-state index contributed by atoms with van der Waals surface area (Å²) in [6.45, 7) is 9.30. The molecule has 2 heterocycles. The molecule has 4 rings (SSSR count).